The summed E-state index contributed by atoms with van der Waals surface area (Å²) in [4.78, 5) is 12.5. The maximum absolute atomic E-state index is 13.3. The van der Waals surface area contributed by atoms with Gasteiger partial charge in [-0.3, -0.25) is 9.10 Å². The molecule has 8 heteroatoms. The number of rotatable bonds is 10. The quantitative estimate of drug-likeness (QED) is 0.447. The average molecular weight is 471 g/mol. The molecule has 0 saturated heterocycles. The van der Waals surface area contributed by atoms with E-state index < -0.39 is 28.3 Å². The van der Waals surface area contributed by atoms with Crippen LogP contribution in [0.1, 0.15) is 25.3 Å². The van der Waals surface area contributed by atoms with Gasteiger partial charge in [0, 0.05) is 0 Å². The molecule has 0 aromatic heterocycles. The van der Waals surface area contributed by atoms with Crippen molar-refractivity contribution >= 4 is 21.6 Å². The maximum Gasteiger partial charge on any atom is 0.264 e. The summed E-state index contributed by atoms with van der Waals surface area (Å²) < 4.78 is 46.5. The van der Waals surface area contributed by atoms with Crippen molar-refractivity contribution in [2.45, 2.75) is 24.7 Å². The molecule has 3 rings (SSSR count). The van der Waals surface area contributed by atoms with Gasteiger partial charge in [-0.05, 0) is 53.9 Å². The zero-order valence-electron chi connectivity index (χ0n) is 18.6. The second-order valence-corrected chi connectivity index (χ2v) is 9.55. The fourth-order valence-electron chi connectivity index (χ4n) is 3.27. The normalized spacial score (nSPS) is 11.3. The Morgan fingerprint density at radius 3 is 2.27 bits per heavy atom. The number of carbonyl (C=O) groups excluding carboxylic acids is 1. The van der Waals surface area contributed by atoms with Crippen LogP contribution in [0.25, 0.3) is 0 Å². The Kier molecular flexibility index (Phi) is 8.06. The number of carbonyl (C=O) groups is 1. The van der Waals surface area contributed by atoms with Crippen LogP contribution >= 0.6 is 0 Å². The lowest BCUT2D eigenvalue weighted by atomic mass is 10.0. The first kappa shape index (κ1) is 24.3. The van der Waals surface area contributed by atoms with Gasteiger partial charge < -0.3 is 10.1 Å². The van der Waals surface area contributed by atoms with Crippen LogP contribution < -0.4 is 14.4 Å². The Morgan fingerprint density at radius 1 is 0.970 bits per heavy atom. The number of hydrogen-bond acceptors (Lipinski definition) is 4. The smallest absolute Gasteiger partial charge is 0.264 e. The number of halogens is 1. The molecule has 33 heavy (non-hydrogen) atoms. The standard InChI is InChI=1S/C25H27FN2O4S/c1-19(2)23-10-6-7-11-24(23)32-17-16-27-25(29)18-28(21-8-4-3-5-9-21)33(30,31)22-14-12-20(26)13-15-22/h3-15,19H,16-18H2,1-2H3,(H,27,29). The highest BCUT2D eigenvalue weighted by atomic mass is 32.2. The molecule has 0 heterocycles. The van der Waals surface area contributed by atoms with Crippen molar-refractivity contribution in [2.75, 3.05) is 24.0 Å². The average Bonchev–Trinajstić information content (AvgIpc) is 2.81. The van der Waals surface area contributed by atoms with Gasteiger partial charge in [-0.1, -0.05) is 50.2 Å². The number of sulfonamides is 1. The molecule has 0 radical (unpaired) electrons. The molecule has 1 amide bonds. The van der Waals surface area contributed by atoms with E-state index in [9.17, 15) is 17.6 Å². The topological polar surface area (TPSA) is 75.7 Å². The third-order valence-corrected chi connectivity index (χ3v) is 6.74. The first-order chi connectivity index (χ1) is 15.8. The predicted octanol–water partition coefficient (Wildman–Crippen LogP) is 4.34. The first-order valence-electron chi connectivity index (χ1n) is 10.6. The van der Waals surface area contributed by atoms with E-state index in [0.717, 1.165) is 27.8 Å². The molecule has 0 aliphatic carbocycles. The van der Waals surface area contributed by atoms with E-state index in [2.05, 4.69) is 19.2 Å². The van der Waals surface area contributed by atoms with E-state index in [1.807, 2.05) is 24.3 Å². The summed E-state index contributed by atoms with van der Waals surface area (Å²) >= 11 is 0. The van der Waals surface area contributed by atoms with E-state index >= 15 is 0 Å². The number of para-hydroxylation sites is 2. The number of nitrogens with zero attached hydrogens (tertiary/aromatic N) is 1. The molecule has 0 fully saturated rings. The lowest BCUT2D eigenvalue weighted by molar-refractivity contribution is -0.119. The van der Waals surface area contributed by atoms with Crippen molar-refractivity contribution < 1.29 is 22.3 Å². The lowest BCUT2D eigenvalue weighted by Gasteiger charge is -2.24. The van der Waals surface area contributed by atoms with Crippen LogP contribution in [-0.4, -0.2) is 34.0 Å². The highest BCUT2D eigenvalue weighted by molar-refractivity contribution is 7.92. The minimum absolute atomic E-state index is 0.103. The van der Waals surface area contributed by atoms with Crippen LogP contribution in [0.3, 0.4) is 0 Å². The molecule has 3 aromatic carbocycles. The van der Waals surface area contributed by atoms with Crippen molar-refractivity contribution in [1.82, 2.24) is 5.32 Å². The van der Waals surface area contributed by atoms with Crippen LogP contribution in [0.2, 0.25) is 0 Å². The zero-order valence-corrected chi connectivity index (χ0v) is 19.4. The molecule has 6 nitrogen and oxygen atoms in total. The number of hydrogen-bond donors (Lipinski definition) is 1. The summed E-state index contributed by atoms with van der Waals surface area (Å²) in [6.07, 6.45) is 0. The molecule has 0 saturated carbocycles. The minimum atomic E-state index is -4.08. The number of amides is 1. The van der Waals surface area contributed by atoms with E-state index in [-0.39, 0.29) is 18.0 Å². The van der Waals surface area contributed by atoms with E-state index in [1.54, 1.807) is 30.3 Å². The Labute approximate surface area is 194 Å². The Balaban J connectivity index is 1.67. The molecule has 0 aliphatic rings. The van der Waals surface area contributed by atoms with Gasteiger partial charge in [0.05, 0.1) is 17.1 Å². The van der Waals surface area contributed by atoms with Crippen LogP contribution in [-0.2, 0) is 14.8 Å². The number of ether oxygens (including phenoxy) is 1. The van der Waals surface area contributed by atoms with Crippen molar-refractivity contribution in [3.05, 3.63) is 90.2 Å². The van der Waals surface area contributed by atoms with Gasteiger partial charge in [-0.25, -0.2) is 12.8 Å². The Morgan fingerprint density at radius 2 is 1.61 bits per heavy atom. The van der Waals surface area contributed by atoms with Crippen LogP contribution in [0.15, 0.2) is 83.8 Å². The fourth-order valence-corrected chi connectivity index (χ4v) is 4.69. The second kappa shape index (κ2) is 11.0. The van der Waals surface area contributed by atoms with E-state index in [1.165, 1.54) is 12.1 Å². The second-order valence-electron chi connectivity index (χ2n) is 7.69. The molecule has 0 aliphatic heterocycles. The zero-order chi connectivity index (χ0) is 23.8. The van der Waals surface area contributed by atoms with Gasteiger partial charge in [-0.2, -0.15) is 0 Å². The molecule has 0 bridgehead atoms. The lowest BCUT2D eigenvalue weighted by Crippen LogP contribution is -2.41. The van der Waals surface area contributed by atoms with Crippen LogP contribution in [0.4, 0.5) is 10.1 Å². The molecule has 174 valence electrons. The SMILES string of the molecule is CC(C)c1ccccc1OCCNC(=O)CN(c1ccccc1)S(=O)(=O)c1ccc(F)cc1. The molecule has 0 unspecified atom stereocenters. The minimum Gasteiger partial charge on any atom is -0.491 e. The van der Waals surface area contributed by atoms with Crippen molar-refractivity contribution in [1.29, 1.82) is 0 Å². The van der Waals surface area contributed by atoms with Crippen molar-refractivity contribution in [3.63, 3.8) is 0 Å². The maximum atomic E-state index is 13.3. The van der Waals surface area contributed by atoms with E-state index in [0.29, 0.717) is 11.6 Å². The first-order valence-corrected chi connectivity index (χ1v) is 12.0. The molecule has 0 spiro atoms. The fraction of sp³-hybridized carbons (Fsp3) is 0.240. The number of benzene rings is 3. The van der Waals surface area contributed by atoms with Crippen LogP contribution in [0, 0.1) is 5.82 Å². The van der Waals surface area contributed by atoms with Crippen molar-refractivity contribution in [3.8, 4) is 5.75 Å². The third kappa shape index (κ3) is 6.32. The molecular weight excluding hydrogens is 443 g/mol. The summed E-state index contributed by atoms with van der Waals surface area (Å²) in [5.41, 5.74) is 1.41. The van der Waals surface area contributed by atoms with Crippen molar-refractivity contribution in [2.24, 2.45) is 0 Å². The summed E-state index contributed by atoms with van der Waals surface area (Å²) in [5, 5.41) is 2.70. The monoisotopic (exact) mass is 470 g/mol. The number of anilines is 1. The molecular formula is C25H27FN2O4S. The van der Waals surface area contributed by atoms with Gasteiger partial charge in [0.25, 0.3) is 10.0 Å². The molecule has 0 atom stereocenters. The van der Waals surface area contributed by atoms with Gasteiger partial charge in [-0.15, -0.1) is 0 Å². The van der Waals surface area contributed by atoms with E-state index in [4.69, 9.17) is 4.74 Å². The van der Waals surface area contributed by atoms with Gasteiger partial charge in [0.15, 0.2) is 0 Å². The largest absolute Gasteiger partial charge is 0.491 e. The third-order valence-electron chi connectivity index (χ3n) is 4.96. The predicted molar refractivity (Wildman–Crippen MR) is 126 cm³/mol. The molecule has 1 N–H and O–H groups in total. The summed E-state index contributed by atoms with van der Waals surface area (Å²) in [6, 6.07) is 20.5. The molecule has 3 aromatic rings. The highest BCUT2D eigenvalue weighted by Crippen LogP contribution is 2.26. The van der Waals surface area contributed by atoms with Gasteiger partial charge in [0.2, 0.25) is 5.91 Å². The number of nitrogens with one attached hydrogen (secondary N) is 1. The van der Waals surface area contributed by atoms with Gasteiger partial charge >= 0.3 is 0 Å². The van der Waals surface area contributed by atoms with Crippen LogP contribution in [0.5, 0.6) is 5.75 Å². The summed E-state index contributed by atoms with van der Waals surface area (Å²) in [6.45, 7) is 4.18. The summed E-state index contributed by atoms with van der Waals surface area (Å²) in [5.74, 6) is 0.0284. The van der Waals surface area contributed by atoms with Gasteiger partial charge in [0.1, 0.15) is 24.7 Å². The highest BCUT2D eigenvalue weighted by Gasteiger charge is 2.27. The Hall–Kier alpha value is -3.39. The Bertz CT molecular complexity index is 1170. The summed E-state index contributed by atoms with van der Waals surface area (Å²) in [7, 11) is -4.08.